The van der Waals surface area contributed by atoms with E-state index in [0.29, 0.717) is 12.8 Å². The van der Waals surface area contributed by atoms with E-state index in [9.17, 15) is 17.6 Å². The molecule has 1 nitrogen and oxygen atoms in total. The molecule has 0 heterocycles. The lowest BCUT2D eigenvalue weighted by Gasteiger charge is -2.32. The number of rotatable bonds is 2. The fourth-order valence-electron chi connectivity index (χ4n) is 1.56. The summed E-state index contributed by atoms with van der Waals surface area (Å²) >= 11 is 0. The van der Waals surface area contributed by atoms with Gasteiger partial charge in [0.05, 0.1) is 5.54 Å². The van der Waals surface area contributed by atoms with Crippen molar-refractivity contribution in [2.45, 2.75) is 43.6 Å². The lowest BCUT2D eigenvalue weighted by atomic mass is 9.91. The zero-order valence-electron chi connectivity index (χ0n) is 6.49. The highest BCUT2D eigenvalue weighted by molar-refractivity contribution is 5.02. The van der Waals surface area contributed by atoms with E-state index in [-0.39, 0.29) is 12.8 Å². The standard InChI is InChI=1S/C7H11F4N/c8-5(9)7(10,11)6(12)3-1-2-4-6/h5H,1-4,12H2. The lowest BCUT2D eigenvalue weighted by Crippen LogP contribution is -2.57. The molecule has 1 aliphatic carbocycles. The molecule has 0 atom stereocenters. The smallest absolute Gasteiger partial charge is 0.320 e. The van der Waals surface area contributed by atoms with Crippen molar-refractivity contribution in [3.05, 3.63) is 0 Å². The van der Waals surface area contributed by atoms with Crippen LogP contribution < -0.4 is 5.73 Å². The zero-order chi connectivity index (χ0) is 9.41. The van der Waals surface area contributed by atoms with Gasteiger partial charge in [-0.1, -0.05) is 12.8 Å². The highest BCUT2D eigenvalue weighted by atomic mass is 19.3. The number of nitrogens with two attached hydrogens (primary N) is 1. The molecule has 0 aliphatic heterocycles. The molecule has 0 bridgehead atoms. The van der Waals surface area contributed by atoms with E-state index in [1.807, 2.05) is 0 Å². The van der Waals surface area contributed by atoms with Crippen molar-refractivity contribution in [2.75, 3.05) is 0 Å². The van der Waals surface area contributed by atoms with Gasteiger partial charge in [-0.2, -0.15) is 8.78 Å². The van der Waals surface area contributed by atoms with Crippen molar-refractivity contribution in [3.63, 3.8) is 0 Å². The minimum absolute atomic E-state index is 0.00958. The third kappa shape index (κ3) is 1.30. The van der Waals surface area contributed by atoms with E-state index in [2.05, 4.69) is 0 Å². The summed E-state index contributed by atoms with van der Waals surface area (Å²) in [5.41, 5.74) is 3.24. The van der Waals surface area contributed by atoms with Crippen LogP contribution in [0.1, 0.15) is 25.7 Å². The van der Waals surface area contributed by atoms with Gasteiger partial charge in [0, 0.05) is 0 Å². The van der Waals surface area contributed by atoms with Crippen LogP contribution in [-0.2, 0) is 0 Å². The summed E-state index contributed by atoms with van der Waals surface area (Å²) in [6.45, 7) is 0. The number of hydrogen-bond donors (Lipinski definition) is 1. The summed E-state index contributed by atoms with van der Waals surface area (Å²) in [7, 11) is 0. The molecule has 0 aromatic heterocycles. The normalized spacial score (nSPS) is 23.5. The summed E-state index contributed by atoms with van der Waals surface area (Å²) in [4.78, 5) is 0. The monoisotopic (exact) mass is 185 g/mol. The molecule has 0 unspecified atom stereocenters. The van der Waals surface area contributed by atoms with Gasteiger partial charge in [0.25, 0.3) is 0 Å². The minimum Gasteiger partial charge on any atom is -0.320 e. The third-order valence-electron chi connectivity index (χ3n) is 2.43. The average Bonchev–Trinajstić information content (AvgIpc) is 2.37. The first-order valence-corrected chi connectivity index (χ1v) is 3.85. The van der Waals surface area contributed by atoms with Gasteiger partial charge in [-0.15, -0.1) is 0 Å². The van der Waals surface area contributed by atoms with Crippen molar-refractivity contribution in [2.24, 2.45) is 5.73 Å². The SMILES string of the molecule is NC1(C(F)(F)C(F)F)CCCC1. The predicted octanol–water partition coefficient (Wildman–Crippen LogP) is 2.16. The Morgan fingerprint density at radius 3 is 1.92 bits per heavy atom. The maximum absolute atomic E-state index is 12.8. The molecule has 1 rings (SSSR count). The quantitative estimate of drug-likeness (QED) is 0.655. The maximum atomic E-state index is 12.8. The van der Waals surface area contributed by atoms with E-state index in [1.54, 1.807) is 0 Å². The van der Waals surface area contributed by atoms with Crippen molar-refractivity contribution < 1.29 is 17.6 Å². The molecule has 0 spiro atoms. The van der Waals surface area contributed by atoms with E-state index in [1.165, 1.54) is 0 Å². The van der Waals surface area contributed by atoms with Crippen molar-refractivity contribution in [1.82, 2.24) is 0 Å². The predicted molar refractivity (Wildman–Crippen MR) is 36.3 cm³/mol. The molecule has 1 saturated carbocycles. The van der Waals surface area contributed by atoms with E-state index in [0.717, 1.165) is 0 Å². The minimum atomic E-state index is -4.04. The van der Waals surface area contributed by atoms with Gasteiger partial charge in [-0.05, 0) is 12.8 Å². The van der Waals surface area contributed by atoms with Crippen LogP contribution in [0.15, 0.2) is 0 Å². The van der Waals surface area contributed by atoms with Crippen LogP contribution in [0, 0.1) is 0 Å². The van der Waals surface area contributed by atoms with Crippen molar-refractivity contribution in [3.8, 4) is 0 Å². The summed E-state index contributed by atoms with van der Waals surface area (Å²) in [5.74, 6) is -4.04. The first-order valence-electron chi connectivity index (χ1n) is 3.85. The molecule has 0 aromatic carbocycles. The molecule has 0 saturated heterocycles. The number of hydrogen-bond acceptors (Lipinski definition) is 1. The third-order valence-corrected chi connectivity index (χ3v) is 2.43. The van der Waals surface area contributed by atoms with Crippen LogP contribution in [0.4, 0.5) is 17.6 Å². The molecular formula is C7H11F4N. The maximum Gasteiger partial charge on any atom is 0.324 e. The zero-order valence-corrected chi connectivity index (χ0v) is 6.49. The largest absolute Gasteiger partial charge is 0.324 e. The molecule has 5 heteroatoms. The Bertz CT molecular complexity index is 160. The van der Waals surface area contributed by atoms with E-state index >= 15 is 0 Å². The van der Waals surface area contributed by atoms with Gasteiger partial charge in [-0.3, -0.25) is 0 Å². The first-order chi connectivity index (χ1) is 5.40. The number of halogens is 4. The van der Waals surface area contributed by atoms with Crippen molar-refractivity contribution >= 4 is 0 Å². The van der Waals surface area contributed by atoms with Crippen LogP contribution in [-0.4, -0.2) is 17.9 Å². The topological polar surface area (TPSA) is 26.0 Å². The van der Waals surface area contributed by atoms with Crippen LogP contribution >= 0.6 is 0 Å². The van der Waals surface area contributed by atoms with E-state index in [4.69, 9.17) is 5.73 Å². The highest BCUT2D eigenvalue weighted by Gasteiger charge is 2.58. The van der Waals surface area contributed by atoms with Crippen LogP contribution in [0.2, 0.25) is 0 Å². The average molecular weight is 185 g/mol. The Labute approximate surface area is 67.9 Å². The summed E-state index contributed by atoms with van der Waals surface area (Å²) in [6.07, 6.45) is -2.65. The second-order valence-corrected chi connectivity index (χ2v) is 3.29. The Morgan fingerprint density at radius 2 is 1.58 bits per heavy atom. The van der Waals surface area contributed by atoms with Gasteiger partial charge in [0.15, 0.2) is 0 Å². The highest BCUT2D eigenvalue weighted by Crippen LogP contribution is 2.43. The van der Waals surface area contributed by atoms with Crippen molar-refractivity contribution in [1.29, 1.82) is 0 Å². The summed E-state index contributed by atoms with van der Waals surface area (Å²) in [6, 6.07) is 0. The second-order valence-electron chi connectivity index (χ2n) is 3.29. The fourth-order valence-corrected chi connectivity index (χ4v) is 1.56. The van der Waals surface area contributed by atoms with Crippen LogP contribution in [0.5, 0.6) is 0 Å². The first kappa shape index (κ1) is 9.77. The number of alkyl halides is 4. The second kappa shape index (κ2) is 2.87. The summed E-state index contributed by atoms with van der Waals surface area (Å²) < 4.78 is 49.3. The van der Waals surface area contributed by atoms with Crippen LogP contribution in [0.25, 0.3) is 0 Å². The molecule has 1 fully saturated rings. The molecule has 1 aliphatic rings. The van der Waals surface area contributed by atoms with Gasteiger partial charge < -0.3 is 5.73 Å². The summed E-state index contributed by atoms with van der Waals surface area (Å²) in [5, 5.41) is 0. The molecule has 2 N–H and O–H groups in total. The van der Waals surface area contributed by atoms with E-state index < -0.39 is 17.9 Å². The Balaban J connectivity index is 2.78. The lowest BCUT2D eigenvalue weighted by molar-refractivity contribution is -0.173. The van der Waals surface area contributed by atoms with Gasteiger partial charge in [-0.25, -0.2) is 8.78 Å². The Hall–Kier alpha value is -0.320. The molecular weight excluding hydrogens is 174 g/mol. The fraction of sp³-hybridized carbons (Fsp3) is 1.00. The van der Waals surface area contributed by atoms with Gasteiger partial charge in [0.2, 0.25) is 0 Å². The molecule has 0 amide bonds. The molecule has 72 valence electrons. The molecule has 0 radical (unpaired) electrons. The van der Waals surface area contributed by atoms with Gasteiger partial charge in [0.1, 0.15) is 0 Å². The van der Waals surface area contributed by atoms with Crippen LogP contribution in [0.3, 0.4) is 0 Å². The molecule has 0 aromatic rings. The Morgan fingerprint density at radius 1 is 1.17 bits per heavy atom. The molecule has 12 heavy (non-hydrogen) atoms. The Kier molecular flexibility index (Phi) is 2.33. The van der Waals surface area contributed by atoms with Gasteiger partial charge >= 0.3 is 12.3 Å².